The fourth-order valence-electron chi connectivity index (χ4n) is 2.95. The van der Waals surface area contributed by atoms with Gasteiger partial charge in [-0.2, -0.15) is 0 Å². The zero-order chi connectivity index (χ0) is 19.5. The molecule has 0 saturated carbocycles. The smallest absolute Gasteiger partial charge is 0.191 e. The Morgan fingerprint density at radius 3 is 2.67 bits per heavy atom. The number of nitrogens with zero attached hydrogens (tertiary/aromatic N) is 4. The maximum absolute atomic E-state index is 4.71. The third-order valence-electron chi connectivity index (χ3n) is 4.52. The van der Waals surface area contributed by atoms with E-state index < -0.39 is 0 Å². The number of guanidine groups is 1. The van der Waals surface area contributed by atoms with E-state index in [1.54, 1.807) is 6.20 Å². The first kappa shape index (κ1) is 20.9. The number of nitrogens with one attached hydrogen (secondary N) is 2. The Kier molecular flexibility index (Phi) is 8.81. The highest BCUT2D eigenvalue weighted by Crippen LogP contribution is 2.09. The summed E-state index contributed by atoms with van der Waals surface area (Å²) in [7, 11) is 0. The van der Waals surface area contributed by atoms with Gasteiger partial charge in [0, 0.05) is 31.2 Å². The average Bonchev–Trinajstić information content (AvgIpc) is 3.10. The minimum absolute atomic E-state index is 0.421. The molecule has 6 heteroatoms. The summed E-state index contributed by atoms with van der Waals surface area (Å²) >= 11 is 0. The lowest BCUT2D eigenvalue weighted by atomic mass is 10.1. The van der Waals surface area contributed by atoms with Crippen LogP contribution < -0.4 is 10.6 Å². The zero-order valence-corrected chi connectivity index (χ0v) is 17.2. The molecular formula is C21H34N6. The normalized spacial score (nSPS) is 12.8. The third kappa shape index (κ3) is 7.04. The van der Waals surface area contributed by atoms with Gasteiger partial charge in [-0.15, -0.1) is 0 Å². The summed E-state index contributed by atoms with van der Waals surface area (Å²) in [5.74, 6) is 2.68. The van der Waals surface area contributed by atoms with Gasteiger partial charge in [0.1, 0.15) is 11.6 Å². The van der Waals surface area contributed by atoms with Crippen molar-refractivity contribution in [3.8, 4) is 5.82 Å². The van der Waals surface area contributed by atoms with Crippen molar-refractivity contribution in [3.63, 3.8) is 0 Å². The topological polar surface area (TPSA) is 67.1 Å². The molecule has 2 aromatic rings. The SMILES string of the molecule is CCCCCCC(C)NC(=NCc1ccc(-n2ccnc2C)nc1)NCC. The molecule has 148 valence electrons. The van der Waals surface area contributed by atoms with Crippen molar-refractivity contribution in [1.29, 1.82) is 0 Å². The van der Waals surface area contributed by atoms with Gasteiger partial charge in [0.15, 0.2) is 5.96 Å². The van der Waals surface area contributed by atoms with Gasteiger partial charge in [0.05, 0.1) is 6.54 Å². The number of aromatic nitrogens is 3. The van der Waals surface area contributed by atoms with E-state index in [1.807, 2.05) is 30.0 Å². The summed E-state index contributed by atoms with van der Waals surface area (Å²) < 4.78 is 1.97. The number of aryl methyl sites for hydroxylation is 1. The predicted octanol–water partition coefficient (Wildman–Crippen LogP) is 3.99. The molecular weight excluding hydrogens is 336 g/mol. The Morgan fingerprint density at radius 2 is 2.04 bits per heavy atom. The van der Waals surface area contributed by atoms with E-state index >= 15 is 0 Å². The van der Waals surface area contributed by atoms with E-state index in [4.69, 9.17) is 4.99 Å². The summed E-state index contributed by atoms with van der Waals surface area (Å²) in [4.78, 5) is 13.5. The highest BCUT2D eigenvalue weighted by molar-refractivity contribution is 5.80. The molecule has 2 N–H and O–H groups in total. The van der Waals surface area contributed by atoms with E-state index in [0.29, 0.717) is 12.6 Å². The van der Waals surface area contributed by atoms with Crippen LogP contribution in [0.4, 0.5) is 0 Å². The molecule has 0 saturated heterocycles. The fourth-order valence-corrected chi connectivity index (χ4v) is 2.95. The fraction of sp³-hybridized carbons (Fsp3) is 0.571. The molecule has 2 rings (SSSR count). The lowest BCUT2D eigenvalue weighted by Crippen LogP contribution is -2.42. The molecule has 2 heterocycles. The van der Waals surface area contributed by atoms with Crippen LogP contribution in [0.15, 0.2) is 35.7 Å². The Labute approximate surface area is 163 Å². The number of unbranched alkanes of at least 4 members (excludes halogenated alkanes) is 3. The third-order valence-corrected chi connectivity index (χ3v) is 4.52. The van der Waals surface area contributed by atoms with Crippen LogP contribution in [0, 0.1) is 6.92 Å². The van der Waals surface area contributed by atoms with Crippen molar-refractivity contribution in [2.24, 2.45) is 4.99 Å². The highest BCUT2D eigenvalue weighted by Gasteiger charge is 2.06. The van der Waals surface area contributed by atoms with Crippen LogP contribution in [0.1, 0.15) is 64.3 Å². The molecule has 1 atom stereocenters. The Morgan fingerprint density at radius 1 is 1.19 bits per heavy atom. The van der Waals surface area contributed by atoms with E-state index in [-0.39, 0.29) is 0 Å². The quantitative estimate of drug-likeness (QED) is 0.377. The molecule has 0 aliphatic rings. The Hall–Kier alpha value is -2.37. The number of hydrogen-bond donors (Lipinski definition) is 2. The van der Waals surface area contributed by atoms with Gasteiger partial charge >= 0.3 is 0 Å². The number of rotatable bonds is 10. The van der Waals surface area contributed by atoms with Crippen molar-refractivity contribution in [2.75, 3.05) is 6.54 Å². The van der Waals surface area contributed by atoms with Gasteiger partial charge < -0.3 is 10.6 Å². The first-order valence-electron chi connectivity index (χ1n) is 10.1. The second-order valence-electron chi connectivity index (χ2n) is 6.96. The van der Waals surface area contributed by atoms with Crippen molar-refractivity contribution in [3.05, 3.63) is 42.1 Å². The van der Waals surface area contributed by atoms with Gasteiger partial charge in [0.2, 0.25) is 0 Å². The van der Waals surface area contributed by atoms with Gasteiger partial charge in [-0.25, -0.2) is 15.0 Å². The summed E-state index contributed by atoms with van der Waals surface area (Å²) in [5, 5.41) is 6.85. The van der Waals surface area contributed by atoms with Gasteiger partial charge in [-0.05, 0) is 38.8 Å². The van der Waals surface area contributed by atoms with Crippen molar-refractivity contribution in [1.82, 2.24) is 25.2 Å². The molecule has 0 aliphatic carbocycles. The van der Waals surface area contributed by atoms with Gasteiger partial charge in [-0.1, -0.05) is 38.7 Å². The predicted molar refractivity (Wildman–Crippen MR) is 112 cm³/mol. The number of pyridine rings is 1. The minimum Gasteiger partial charge on any atom is -0.357 e. The number of imidazole rings is 1. The standard InChI is InChI=1S/C21H34N6/c1-5-7-8-9-10-17(3)26-21(22-6-2)25-16-19-11-12-20(24-15-19)27-14-13-23-18(27)4/h11-15,17H,5-10,16H2,1-4H3,(H2,22,25,26). The largest absolute Gasteiger partial charge is 0.357 e. The highest BCUT2D eigenvalue weighted by atomic mass is 15.2. The zero-order valence-electron chi connectivity index (χ0n) is 17.2. The molecule has 0 spiro atoms. The van der Waals surface area contributed by atoms with Crippen molar-refractivity contribution >= 4 is 5.96 Å². The lowest BCUT2D eigenvalue weighted by Gasteiger charge is -2.17. The molecule has 0 amide bonds. The first-order chi connectivity index (χ1) is 13.1. The van der Waals surface area contributed by atoms with Gasteiger partial charge in [0.25, 0.3) is 0 Å². The van der Waals surface area contributed by atoms with Crippen LogP contribution in [-0.2, 0) is 6.54 Å². The molecule has 1 unspecified atom stereocenters. The van der Waals surface area contributed by atoms with Crippen LogP contribution in [0.3, 0.4) is 0 Å². The summed E-state index contributed by atoms with van der Waals surface area (Å²) in [6, 6.07) is 4.50. The Bertz CT molecular complexity index is 689. The molecule has 0 radical (unpaired) electrons. The van der Waals surface area contributed by atoms with Crippen LogP contribution in [0.2, 0.25) is 0 Å². The van der Waals surface area contributed by atoms with E-state index in [2.05, 4.69) is 47.4 Å². The van der Waals surface area contributed by atoms with E-state index in [0.717, 1.165) is 29.7 Å². The van der Waals surface area contributed by atoms with Crippen LogP contribution in [-0.4, -0.2) is 33.1 Å². The minimum atomic E-state index is 0.421. The van der Waals surface area contributed by atoms with E-state index in [1.165, 1.54) is 32.1 Å². The molecule has 0 bridgehead atoms. The monoisotopic (exact) mass is 370 g/mol. The van der Waals surface area contributed by atoms with Gasteiger partial charge in [-0.3, -0.25) is 4.57 Å². The molecule has 0 aliphatic heterocycles. The van der Waals surface area contributed by atoms with Crippen LogP contribution in [0.25, 0.3) is 5.82 Å². The van der Waals surface area contributed by atoms with Crippen molar-refractivity contribution < 1.29 is 0 Å². The molecule has 0 aromatic carbocycles. The lowest BCUT2D eigenvalue weighted by molar-refractivity contribution is 0.537. The molecule has 6 nitrogen and oxygen atoms in total. The molecule has 27 heavy (non-hydrogen) atoms. The van der Waals surface area contributed by atoms with Crippen LogP contribution in [0.5, 0.6) is 0 Å². The molecule has 2 aromatic heterocycles. The van der Waals surface area contributed by atoms with E-state index in [9.17, 15) is 0 Å². The Balaban J connectivity index is 1.90. The number of hydrogen-bond acceptors (Lipinski definition) is 3. The summed E-state index contributed by atoms with van der Waals surface area (Å²) in [6.45, 7) is 9.99. The average molecular weight is 371 g/mol. The summed E-state index contributed by atoms with van der Waals surface area (Å²) in [6.07, 6.45) is 11.9. The molecule has 0 fully saturated rings. The maximum Gasteiger partial charge on any atom is 0.191 e. The second-order valence-corrected chi connectivity index (χ2v) is 6.96. The number of aliphatic imine (C=N–C) groups is 1. The second kappa shape index (κ2) is 11.4. The van der Waals surface area contributed by atoms with Crippen molar-refractivity contribution in [2.45, 2.75) is 72.4 Å². The van der Waals surface area contributed by atoms with Crippen LogP contribution >= 0.6 is 0 Å². The first-order valence-corrected chi connectivity index (χ1v) is 10.1. The summed E-state index contributed by atoms with van der Waals surface area (Å²) in [5.41, 5.74) is 1.09. The maximum atomic E-state index is 4.71.